The minimum absolute atomic E-state index is 0.104. The summed E-state index contributed by atoms with van der Waals surface area (Å²) in [5.41, 5.74) is 2.28. The zero-order chi connectivity index (χ0) is 16.8. The number of rotatable bonds is 7. The lowest BCUT2D eigenvalue weighted by molar-refractivity contribution is -0.119. The first kappa shape index (κ1) is 17.5. The number of ketones is 2. The van der Waals surface area contributed by atoms with Gasteiger partial charge in [0.25, 0.3) is 0 Å². The third kappa shape index (κ3) is 4.54. The van der Waals surface area contributed by atoms with Gasteiger partial charge in [-0.25, -0.2) is 0 Å². The molecule has 0 fully saturated rings. The number of hydrogen-bond donors (Lipinski definition) is 0. The number of carbonyl (C=O) groups is 2. The van der Waals surface area contributed by atoms with E-state index in [0.29, 0.717) is 17.6 Å². The normalized spacial score (nSPS) is 20.1. The average Bonchev–Trinajstić information content (AvgIpc) is 2.52. The van der Waals surface area contributed by atoms with Gasteiger partial charge in [0.05, 0.1) is 5.57 Å². The number of carbonyl (C=O) groups excluding carboxylic acids is 2. The van der Waals surface area contributed by atoms with E-state index in [1.807, 2.05) is 6.08 Å². The van der Waals surface area contributed by atoms with Crippen molar-refractivity contribution in [2.75, 3.05) is 0 Å². The van der Waals surface area contributed by atoms with Crippen LogP contribution in [0, 0.1) is 0 Å². The Balaban J connectivity index is 2.03. The van der Waals surface area contributed by atoms with Crippen LogP contribution in [0.3, 0.4) is 0 Å². The summed E-state index contributed by atoms with van der Waals surface area (Å²) in [6, 6.07) is 0. The Morgan fingerprint density at radius 3 is 2.74 bits per heavy atom. The Hall–Kier alpha value is -1.90. The number of hydrogen-bond acceptors (Lipinski definition) is 3. The SMILES string of the molecule is CCCCCC1=CC(=O)C2=C(OC(CCC=C(C)C)C=C2)C1=O. The Bertz CT molecular complexity index is 598. The van der Waals surface area contributed by atoms with Crippen LogP contribution in [0.5, 0.6) is 0 Å². The molecule has 0 amide bonds. The monoisotopic (exact) mass is 314 g/mol. The highest BCUT2D eigenvalue weighted by Gasteiger charge is 2.31. The smallest absolute Gasteiger partial charge is 0.224 e. The highest BCUT2D eigenvalue weighted by atomic mass is 16.5. The summed E-state index contributed by atoms with van der Waals surface area (Å²) < 4.78 is 5.84. The molecule has 0 aromatic rings. The van der Waals surface area contributed by atoms with E-state index in [2.05, 4.69) is 26.8 Å². The van der Waals surface area contributed by atoms with E-state index < -0.39 is 0 Å². The summed E-state index contributed by atoms with van der Waals surface area (Å²) in [5, 5.41) is 0. The predicted molar refractivity (Wildman–Crippen MR) is 91.9 cm³/mol. The molecule has 0 saturated heterocycles. The van der Waals surface area contributed by atoms with Gasteiger partial charge in [0.2, 0.25) is 5.78 Å². The summed E-state index contributed by atoms with van der Waals surface area (Å²) in [6.45, 7) is 6.25. The zero-order valence-corrected chi connectivity index (χ0v) is 14.4. The first-order chi connectivity index (χ1) is 11.0. The maximum atomic E-state index is 12.6. The summed E-state index contributed by atoms with van der Waals surface area (Å²) in [7, 11) is 0. The second-order valence-electron chi connectivity index (χ2n) is 6.44. The van der Waals surface area contributed by atoms with Gasteiger partial charge in [0, 0.05) is 5.57 Å². The first-order valence-electron chi connectivity index (χ1n) is 8.55. The van der Waals surface area contributed by atoms with Gasteiger partial charge in [0.15, 0.2) is 11.5 Å². The third-order valence-electron chi connectivity index (χ3n) is 4.11. The number of Topliss-reactive ketones (excluding diaryl/α,β-unsaturated/α-hetero) is 1. The second kappa shape index (κ2) is 8.09. The molecule has 3 heteroatoms. The van der Waals surface area contributed by atoms with E-state index >= 15 is 0 Å². The maximum absolute atomic E-state index is 12.6. The molecular weight excluding hydrogens is 288 g/mol. The molecule has 1 heterocycles. The summed E-state index contributed by atoms with van der Waals surface area (Å²) in [4.78, 5) is 24.8. The lowest BCUT2D eigenvalue weighted by Gasteiger charge is -2.25. The average molecular weight is 314 g/mol. The molecule has 0 radical (unpaired) electrons. The first-order valence-corrected chi connectivity index (χ1v) is 8.55. The molecule has 2 aliphatic rings. The quantitative estimate of drug-likeness (QED) is 0.392. The molecule has 23 heavy (non-hydrogen) atoms. The Labute approximate surface area is 138 Å². The molecule has 124 valence electrons. The molecule has 0 N–H and O–H groups in total. The molecule has 1 unspecified atom stereocenters. The van der Waals surface area contributed by atoms with Crippen LogP contribution >= 0.6 is 0 Å². The number of ether oxygens (including phenoxy) is 1. The van der Waals surface area contributed by atoms with E-state index in [-0.39, 0.29) is 23.4 Å². The van der Waals surface area contributed by atoms with Crippen LogP contribution in [-0.2, 0) is 14.3 Å². The molecule has 1 aliphatic carbocycles. The van der Waals surface area contributed by atoms with Gasteiger partial charge in [0.1, 0.15) is 6.10 Å². The summed E-state index contributed by atoms with van der Waals surface area (Å²) in [6.07, 6.45) is 12.6. The van der Waals surface area contributed by atoms with Crippen molar-refractivity contribution in [3.63, 3.8) is 0 Å². The fourth-order valence-corrected chi connectivity index (χ4v) is 2.79. The van der Waals surface area contributed by atoms with Gasteiger partial charge in [-0.05, 0) is 57.8 Å². The van der Waals surface area contributed by atoms with E-state index in [4.69, 9.17) is 4.74 Å². The molecule has 2 rings (SSSR count). The molecule has 1 atom stereocenters. The van der Waals surface area contributed by atoms with Crippen LogP contribution in [0.1, 0.15) is 59.3 Å². The lowest BCUT2D eigenvalue weighted by atomic mass is 9.90. The highest BCUT2D eigenvalue weighted by molar-refractivity contribution is 6.23. The summed E-state index contributed by atoms with van der Waals surface area (Å²) >= 11 is 0. The molecule has 3 nitrogen and oxygen atoms in total. The Morgan fingerprint density at radius 1 is 1.26 bits per heavy atom. The predicted octanol–water partition coefficient (Wildman–Crippen LogP) is 4.60. The van der Waals surface area contributed by atoms with Gasteiger partial charge < -0.3 is 4.74 Å². The van der Waals surface area contributed by atoms with Crippen LogP contribution in [0.4, 0.5) is 0 Å². The topological polar surface area (TPSA) is 43.4 Å². The van der Waals surface area contributed by atoms with E-state index in [0.717, 1.165) is 32.1 Å². The van der Waals surface area contributed by atoms with Gasteiger partial charge in [-0.3, -0.25) is 9.59 Å². The van der Waals surface area contributed by atoms with Gasteiger partial charge in [-0.1, -0.05) is 31.4 Å². The maximum Gasteiger partial charge on any atom is 0.224 e. The molecule has 0 bridgehead atoms. The van der Waals surface area contributed by atoms with Gasteiger partial charge >= 0.3 is 0 Å². The zero-order valence-electron chi connectivity index (χ0n) is 14.4. The van der Waals surface area contributed by atoms with Crippen molar-refractivity contribution in [1.82, 2.24) is 0 Å². The van der Waals surface area contributed by atoms with Crippen molar-refractivity contribution in [3.05, 3.63) is 46.8 Å². The highest BCUT2D eigenvalue weighted by Crippen LogP contribution is 2.29. The number of unbranched alkanes of at least 4 members (excludes halogenated alkanes) is 2. The molecule has 1 aliphatic heterocycles. The van der Waals surface area contributed by atoms with Crippen LogP contribution in [0.25, 0.3) is 0 Å². The van der Waals surface area contributed by atoms with Crippen molar-refractivity contribution in [3.8, 4) is 0 Å². The van der Waals surface area contributed by atoms with Gasteiger partial charge in [-0.2, -0.15) is 0 Å². The lowest BCUT2D eigenvalue weighted by Crippen LogP contribution is -2.26. The van der Waals surface area contributed by atoms with E-state index in [1.165, 1.54) is 11.6 Å². The Kier molecular flexibility index (Phi) is 6.14. The van der Waals surface area contributed by atoms with Crippen molar-refractivity contribution < 1.29 is 14.3 Å². The minimum Gasteiger partial charge on any atom is -0.481 e. The fourth-order valence-electron chi connectivity index (χ4n) is 2.79. The molecule has 0 aromatic heterocycles. The van der Waals surface area contributed by atoms with Crippen molar-refractivity contribution >= 4 is 11.6 Å². The van der Waals surface area contributed by atoms with Crippen molar-refractivity contribution in [1.29, 1.82) is 0 Å². The fraction of sp³-hybridized carbons (Fsp3) is 0.500. The standard InChI is InChI=1S/C20H26O3/c1-4-5-6-9-15-13-18(21)17-12-11-16(10-7-8-14(2)3)23-20(17)19(15)22/h8,11-13,16H,4-7,9-10H2,1-3H3. The van der Waals surface area contributed by atoms with Crippen molar-refractivity contribution in [2.45, 2.75) is 65.4 Å². The van der Waals surface area contributed by atoms with Crippen LogP contribution in [0.15, 0.2) is 46.8 Å². The number of allylic oxidation sites excluding steroid dienone is 6. The largest absolute Gasteiger partial charge is 0.481 e. The molecular formula is C20H26O3. The van der Waals surface area contributed by atoms with Crippen LogP contribution in [-0.4, -0.2) is 17.7 Å². The molecule has 0 spiro atoms. The third-order valence-corrected chi connectivity index (χ3v) is 4.11. The second-order valence-corrected chi connectivity index (χ2v) is 6.44. The van der Waals surface area contributed by atoms with E-state index in [1.54, 1.807) is 6.08 Å². The van der Waals surface area contributed by atoms with Crippen molar-refractivity contribution in [2.24, 2.45) is 0 Å². The Morgan fingerprint density at radius 2 is 2.04 bits per heavy atom. The minimum atomic E-state index is -0.129. The molecule has 0 saturated carbocycles. The molecule has 0 aromatic carbocycles. The van der Waals surface area contributed by atoms with Gasteiger partial charge in [-0.15, -0.1) is 0 Å². The summed E-state index contributed by atoms with van der Waals surface area (Å²) in [5.74, 6) is 0.0473. The van der Waals surface area contributed by atoms with E-state index in [9.17, 15) is 9.59 Å². The van der Waals surface area contributed by atoms with Crippen LogP contribution < -0.4 is 0 Å². The van der Waals surface area contributed by atoms with Crippen LogP contribution in [0.2, 0.25) is 0 Å².